The Labute approximate surface area is 102 Å². The van der Waals surface area contributed by atoms with Gasteiger partial charge in [-0.15, -0.1) is 11.3 Å². The van der Waals surface area contributed by atoms with E-state index in [-0.39, 0.29) is 5.57 Å². The Morgan fingerprint density at radius 3 is 3.12 bits per heavy atom. The molecule has 0 amide bonds. The molecule has 0 aliphatic carbocycles. The van der Waals surface area contributed by atoms with E-state index in [1.165, 1.54) is 24.7 Å². The van der Waals surface area contributed by atoms with Crippen LogP contribution in [0.15, 0.2) is 23.4 Å². The number of ether oxygens (including phenoxy) is 1. The summed E-state index contributed by atoms with van der Waals surface area (Å²) in [7, 11) is 1.44. The van der Waals surface area contributed by atoms with Crippen LogP contribution >= 0.6 is 11.3 Å². The van der Waals surface area contributed by atoms with Gasteiger partial charge in [0.1, 0.15) is 0 Å². The SMILES string of the molecule is CO/C=C(/Cc1csc2nc(C)cn12)C(=O)O. The number of carboxylic acid groups (broad SMARTS) is 1. The fourth-order valence-corrected chi connectivity index (χ4v) is 2.49. The molecule has 0 spiro atoms. The van der Waals surface area contributed by atoms with Crippen molar-refractivity contribution in [2.45, 2.75) is 13.3 Å². The predicted octanol–water partition coefficient (Wildman–Crippen LogP) is 1.86. The zero-order chi connectivity index (χ0) is 12.4. The highest BCUT2D eigenvalue weighted by molar-refractivity contribution is 7.15. The molecule has 17 heavy (non-hydrogen) atoms. The van der Waals surface area contributed by atoms with Crippen molar-refractivity contribution in [2.24, 2.45) is 0 Å². The second-order valence-electron chi connectivity index (χ2n) is 3.62. The molecule has 0 unspecified atom stereocenters. The zero-order valence-corrected chi connectivity index (χ0v) is 10.3. The molecule has 90 valence electrons. The summed E-state index contributed by atoms with van der Waals surface area (Å²) < 4.78 is 6.68. The lowest BCUT2D eigenvalue weighted by Crippen LogP contribution is -2.05. The molecule has 0 aliphatic heterocycles. The summed E-state index contributed by atoms with van der Waals surface area (Å²) in [5.41, 5.74) is 2.04. The number of aromatic nitrogens is 2. The molecule has 2 aromatic rings. The molecule has 5 nitrogen and oxygen atoms in total. The number of methoxy groups -OCH3 is 1. The Morgan fingerprint density at radius 1 is 1.71 bits per heavy atom. The van der Waals surface area contributed by atoms with E-state index in [1.807, 2.05) is 22.9 Å². The van der Waals surface area contributed by atoms with E-state index < -0.39 is 5.97 Å². The molecule has 0 atom stereocenters. The molecule has 0 bridgehead atoms. The molecule has 0 radical (unpaired) electrons. The Bertz CT molecular complexity index is 583. The van der Waals surface area contributed by atoms with Crippen LogP contribution in [0.25, 0.3) is 4.96 Å². The molecule has 1 N–H and O–H groups in total. The molecule has 0 fully saturated rings. The quantitative estimate of drug-likeness (QED) is 0.666. The monoisotopic (exact) mass is 252 g/mol. The lowest BCUT2D eigenvalue weighted by atomic mass is 10.2. The third-order valence-corrected chi connectivity index (χ3v) is 3.20. The zero-order valence-electron chi connectivity index (χ0n) is 9.51. The van der Waals surface area contributed by atoms with E-state index in [2.05, 4.69) is 4.98 Å². The van der Waals surface area contributed by atoms with Crippen LogP contribution < -0.4 is 0 Å². The Hall–Kier alpha value is -1.82. The number of hydrogen-bond acceptors (Lipinski definition) is 4. The molecule has 2 aromatic heterocycles. The van der Waals surface area contributed by atoms with Crippen molar-refractivity contribution in [3.8, 4) is 0 Å². The second kappa shape index (κ2) is 4.58. The molecular weight excluding hydrogens is 240 g/mol. The van der Waals surface area contributed by atoms with Gasteiger partial charge < -0.3 is 9.84 Å². The average Bonchev–Trinajstić information content (AvgIpc) is 2.78. The first-order valence-electron chi connectivity index (χ1n) is 4.99. The van der Waals surface area contributed by atoms with Crippen molar-refractivity contribution < 1.29 is 14.6 Å². The topological polar surface area (TPSA) is 63.8 Å². The Balaban J connectivity index is 2.34. The number of carbonyl (C=O) groups is 1. The Kier molecular flexibility index (Phi) is 3.14. The molecule has 2 heterocycles. The summed E-state index contributed by atoms with van der Waals surface area (Å²) in [6.45, 7) is 1.91. The summed E-state index contributed by atoms with van der Waals surface area (Å²) in [6, 6.07) is 0. The third kappa shape index (κ3) is 2.31. The summed E-state index contributed by atoms with van der Waals surface area (Å²) >= 11 is 1.50. The Morgan fingerprint density at radius 2 is 2.47 bits per heavy atom. The third-order valence-electron chi connectivity index (χ3n) is 2.31. The van der Waals surface area contributed by atoms with E-state index in [9.17, 15) is 4.79 Å². The van der Waals surface area contributed by atoms with Crippen molar-refractivity contribution in [3.05, 3.63) is 34.8 Å². The largest absolute Gasteiger partial charge is 0.504 e. The van der Waals surface area contributed by atoms with Crippen LogP contribution in [0.5, 0.6) is 0 Å². The summed E-state index contributed by atoms with van der Waals surface area (Å²) in [5, 5.41) is 10.9. The van der Waals surface area contributed by atoms with Gasteiger partial charge in [0.2, 0.25) is 0 Å². The first-order chi connectivity index (χ1) is 8.11. The smallest absolute Gasteiger partial charge is 0.335 e. The van der Waals surface area contributed by atoms with Gasteiger partial charge in [-0.3, -0.25) is 4.40 Å². The number of aliphatic carboxylic acids is 1. The van der Waals surface area contributed by atoms with Crippen molar-refractivity contribution in [2.75, 3.05) is 7.11 Å². The minimum Gasteiger partial charge on any atom is -0.504 e. The van der Waals surface area contributed by atoms with Gasteiger partial charge >= 0.3 is 5.97 Å². The lowest BCUT2D eigenvalue weighted by Gasteiger charge is -2.01. The molecule has 0 saturated heterocycles. The lowest BCUT2D eigenvalue weighted by molar-refractivity contribution is -0.132. The average molecular weight is 252 g/mol. The maximum atomic E-state index is 11.0. The van der Waals surface area contributed by atoms with Crippen LogP contribution in [0.1, 0.15) is 11.4 Å². The number of rotatable bonds is 4. The number of imidazole rings is 1. The maximum absolute atomic E-state index is 11.0. The van der Waals surface area contributed by atoms with Gasteiger partial charge in [0.15, 0.2) is 4.96 Å². The maximum Gasteiger partial charge on any atom is 0.335 e. The van der Waals surface area contributed by atoms with E-state index in [1.54, 1.807) is 0 Å². The number of hydrogen-bond donors (Lipinski definition) is 1. The first kappa shape index (κ1) is 11.7. The van der Waals surface area contributed by atoms with Gasteiger partial charge in [0.05, 0.1) is 24.6 Å². The number of nitrogens with zero attached hydrogens (tertiary/aromatic N) is 2. The van der Waals surface area contributed by atoms with Crippen molar-refractivity contribution in [3.63, 3.8) is 0 Å². The van der Waals surface area contributed by atoms with E-state index >= 15 is 0 Å². The highest BCUT2D eigenvalue weighted by atomic mass is 32.1. The highest BCUT2D eigenvalue weighted by Crippen LogP contribution is 2.19. The molecule has 6 heteroatoms. The van der Waals surface area contributed by atoms with Crippen LogP contribution in [0.4, 0.5) is 0 Å². The van der Waals surface area contributed by atoms with Crippen molar-refractivity contribution in [1.29, 1.82) is 0 Å². The highest BCUT2D eigenvalue weighted by Gasteiger charge is 2.13. The number of thiazole rings is 1. The number of aryl methyl sites for hydroxylation is 1. The van der Waals surface area contributed by atoms with E-state index in [4.69, 9.17) is 9.84 Å². The van der Waals surface area contributed by atoms with Crippen LogP contribution in [0.3, 0.4) is 0 Å². The van der Waals surface area contributed by atoms with Gasteiger partial charge in [0, 0.05) is 23.7 Å². The van der Waals surface area contributed by atoms with Crippen LogP contribution in [-0.2, 0) is 16.0 Å². The van der Waals surface area contributed by atoms with Crippen LogP contribution in [-0.4, -0.2) is 27.6 Å². The molecule has 0 aromatic carbocycles. The van der Waals surface area contributed by atoms with Gasteiger partial charge in [0.25, 0.3) is 0 Å². The second-order valence-corrected chi connectivity index (χ2v) is 4.46. The molecular formula is C11H12N2O3S. The summed E-state index contributed by atoms with van der Waals surface area (Å²) in [4.78, 5) is 16.2. The molecule has 2 rings (SSSR count). The first-order valence-corrected chi connectivity index (χ1v) is 5.87. The van der Waals surface area contributed by atoms with Gasteiger partial charge in [-0.1, -0.05) is 0 Å². The summed E-state index contributed by atoms with van der Waals surface area (Å²) in [6.07, 6.45) is 3.47. The number of carboxylic acids is 1. The van der Waals surface area contributed by atoms with Gasteiger partial charge in [-0.2, -0.15) is 0 Å². The van der Waals surface area contributed by atoms with E-state index in [0.717, 1.165) is 16.3 Å². The van der Waals surface area contributed by atoms with Crippen LogP contribution in [0, 0.1) is 6.92 Å². The molecule has 0 saturated carbocycles. The standard InChI is InChI=1S/C11H12N2O3S/c1-7-4-13-9(6-17-11(13)12-7)3-8(5-16-2)10(14)15/h4-6H,3H2,1-2H3,(H,14,15)/b8-5-. The van der Waals surface area contributed by atoms with Gasteiger partial charge in [-0.05, 0) is 6.92 Å². The fourth-order valence-electron chi connectivity index (χ4n) is 1.57. The number of fused-ring (bicyclic) bond motifs is 1. The predicted molar refractivity (Wildman–Crippen MR) is 64.2 cm³/mol. The normalized spacial score (nSPS) is 12.0. The summed E-state index contributed by atoms with van der Waals surface area (Å²) in [5.74, 6) is -0.969. The minimum absolute atomic E-state index is 0.221. The van der Waals surface area contributed by atoms with Crippen molar-refractivity contribution in [1.82, 2.24) is 9.38 Å². The molecule has 0 aliphatic rings. The fraction of sp³-hybridized carbons (Fsp3) is 0.273. The minimum atomic E-state index is -0.969. The van der Waals surface area contributed by atoms with E-state index in [0.29, 0.717) is 6.42 Å². The van der Waals surface area contributed by atoms with Crippen molar-refractivity contribution >= 4 is 22.3 Å². The van der Waals surface area contributed by atoms with Crippen LogP contribution in [0.2, 0.25) is 0 Å². The van der Waals surface area contributed by atoms with Gasteiger partial charge in [-0.25, -0.2) is 9.78 Å².